The molecule has 52 valence electrons. The first-order chi connectivity index (χ1) is 4.18. The van der Waals surface area contributed by atoms with Crippen molar-refractivity contribution in [3.63, 3.8) is 0 Å². The third-order valence-corrected chi connectivity index (χ3v) is 2.30. The molecule has 0 unspecified atom stereocenters. The SMILES string of the molecule is NC12COC(CO)(C1)C2. The monoisotopic (exact) mass is 129 g/mol. The third-order valence-electron chi connectivity index (χ3n) is 2.30. The normalized spacial score (nSPS) is 55.3. The number of ether oxygens (including phenoxy) is 1. The maximum atomic E-state index is 8.80. The standard InChI is InChI=1S/C6H11NO2/c7-5-1-6(2-5,3-8)9-4-5/h8H,1-4,7H2. The fraction of sp³-hybridized carbons (Fsp3) is 1.00. The molecule has 0 atom stereocenters. The molecule has 0 amide bonds. The van der Waals surface area contributed by atoms with Crippen LogP contribution in [0.4, 0.5) is 0 Å². The third kappa shape index (κ3) is 0.569. The highest BCUT2D eigenvalue weighted by molar-refractivity contribution is 5.14. The van der Waals surface area contributed by atoms with Gasteiger partial charge in [0.2, 0.25) is 0 Å². The summed E-state index contributed by atoms with van der Waals surface area (Å²) in [6, 6.07) is 0. The van der Waals surface area contributed by atoms with E-state index in [0.717, 1.165) is 12.8 Å². The lowest BCUT2D eigenvalue weighted by Gasteiger charge is -2.40. The van der Waals surface area contributed by atoms with E-state index in [1.54, 1.807) is 0 Å². The van der Waals surface area contributed by atoms with E-state index in [9.17, 15) is 0 Å². The van der Waals surface area contributed by atoms with Crippen LogP contribution in [0.3, 0.4) is 0 Å². The topological polar surface area (TPSA) is 55.5 Å². The Morgan fingerprint density at radius 3 is 2.44 bits per heavy atom. The van der Waals surface area contributed by atoms with Crippen molar-refractivity contribution in [3.05, 3.63) is 0 Å². The predicted molar refractivity (Wildman–Crippen MR) is 31.9 cm³/mol. The minimum atomic E-state index is -0.227. The average molecular weight is 129 g/mol. The first-order valence-electron chi connectivity index (χ1n) is 3.22. The number of hydrogen-bond acceptors (Lipinski definition) is 3. The second-order valence-corrected chi connectivity index (χ2v) is 3.35. The molecule has 0 spiro atoms. The molecular formula is C6H11NO2. The molecule has 9 heavy (non-hydrogen) atoms. The molecule has 2 saturated heterocycles. The Labute approximate surface area is 53.8 Å². The van der Waals surface area contributed by atoms with E-state index < -0.39 is 0 Å². The van der Waals surface area contributed by atoms with Gasteiger partial charge in [-0.3, -0.25) is 0 Å². The van der Waals surface area contributed by atoms with Gasteiger partial charge in [0, 0.05) is 5.54 Å². The molecular weight excluding hydrogens is 118 g/mol. The smallest absolute Gasteiger partial charge is 0.0949 e. The summed E-state index contributed by atoms with van der Waals surface area (Å²) in [6.07, 6.45) is 1.69. The fourth-order valence-corrected chi connectivity index (χ4v) is 1.89. The number of hydrogen-bond donors (Lipinski definition) is 2. The van der Waals surface area contributed by atoms with Crippen molar-refractivity contribution in [1.29, 1.82) is 0 Å². The Kier molecular flexibility index (Phi) is 0.822. The Morgan fingerprint density at radius 2 is 2.22 bits per heavy atom. The van der Waals surface area contributed by atoms with E-state index in [1.807, 2.05) is 0 Å². The highest BCUT2D eigenvalue weighted by Gasteiger charge is 2.60. The van der Waals surface area contributed by atoms with Crippen molar-refractivity contribution in [2.75, 3.05) is 13.2 Å². The molecule has 0 radical (unpaired) electrons. The number of fused-ring (bicyclic) bond motifs is 1. The summed E-state index contributed by atoms with van der Waals surface area (Å²) in [5.74, 6) is 0. The summed E-state index contributed by atoms with van der Waals surface area (Å²) >= 11 is 0. The zero-order valence-electron chi connectivity index (χ0n) is 5.26. The quantitative estimate of drug-likeness (QED) is 0.489. The van der Waals surface area contributed by atoms with Crippen molar-refractivity contribution >= 4 is 0 Å². The average Bonchev–Trinajstić information content (AvgIpc) is 2.20. The Morgan fingerprint density at radius 1 is 1.56 bits per heavy atom. The van der Waals surface area contributed by atoms with Crippen LogP contribution in [-0.2, 0) is 4.74 Å². The van der Waals surface area contributed by atoms with Crippen molar-refractivity contribution in [2.45, 2.75) is 24.0 Å². The highest BCUT2D eigenvalue weighted by Crippen LogP contribution is 2.49. The van der Waals surface area contributed by atoms with Crippen LogP contribution < -0.4 is 5.73 Å². The molecule has 3 N–H and O–H groups in total. The van der Waals surface area contributed by atoms with Gasteiger partial charge in [0.1, 0.15) is 0 Å². The van der Waals surface area contributed by atoms with Gasteiger partial charge >= 0.3 is 0 Å². The zero-order valence-corrected chi connectivity index (χ0v) is 5.26. The Balaban J connectivity index is 2.12. The first-order valence-corrected chi connectivity index (χ1v) is 3.22. The lowest BCUT2D eigenvalue weighted by molar-refractivity contribution is -0.0467. The maximum Gasteiger partial charge on any atom is 0.0949 e. The summed E-state index contributed by atoms with van der Waals surface area (Å²) in [6.45, 7) is 0.763. The van der Waals surface area contributed by atoms with Crippen molar-refractivity contribution in [2.24, 2.45) is 5.73 Å². The molecule has 3 fully saturated rings. The molecule has 0 aromatic carbocycles. The second-order valence-electron chi connectivity index (χ2n) is 3.35. The van der Waals surface area contributed by atoms with Gasteiger partial charge < -0.3 is 15.6 Å². The molecule has 3 heteroatoms. The molecule has 3 nitrogen and oxygen atoms in total. The van der Waals surface area contributed by atoms with Crippen LogP contribution in [0.2, 0.25) is 0 Å². The number of aliphatic hydroxyl groups is 1. The summed E-state index contributed by atoms with van der Waals surface area (Å²) in [5.41, 5.74) is 5.46. The summed E-state index contributed by atoms with van der Waals surface area (Å²) in [5, 5.41) is 8.80. The number of aliphatic hydroxyl groups excluding tert-OH is 1. The van der Waals surface area contributed by atoms with Gasteiger partial charge in [0.25, 0.3) is 0 Å². The molecule has 2 aliphatic heterocycles. The highest BCUT2D eigenvalue weighted by atomic mass is 16.5. The molecule has 0 aromatic rings. The van der Waals surface area contributed by atoms with Gasteiger partial charge in [-0.2, -0.15) is 0 Å². The molecule has 2 heterocycles. The van der Waals surface area contributed by atoms with Gasteiger partial charge in [0.05, 0.1) is 18.8 Å². The lowest BCUT2D eigenvalue weighted by Crippen LogP contribution is -2.56. The summed E-state index contributed by atoms with van der Waals surface area (Å²) < 4.78 is 5.29. The van der Waals surface area contributed by atoms with E-state index in [4.69, 9.17) is 15.6 Å². The Hall–Kier alpha value is -0.120. The lowest BCUT2D eigenvalue weighted by atomic mass is 9.70. The maximum absolute atomic E-state index is 8.80. The largest absolute Gasteiger partial charge is 0.393 e. The van der Waals surface area contributed by atoms with Gasteiger partial charge in [-0.1, -0.05) is 0 Å². The molecule has 2 bridgehead atoms. The molecule has 1 saturated carbocycles. The van der Waals surface area contributed by atoms with Crippen LogP contribution in [-0.4, -0.2) is 29.5 Å². The molecule has 3 aliphatic rings. The molecule has 3 rings (SSSR count). The van der Waals surface area contributed by atoms with Gasteiger partial charge in [-0.15, -0.1) is 0 Å². The van der Waals surface area contributed by atoms with Crippen LogP contribution >= 0.6 is 0 Å². The molecule has 0 aromatic heterocycles. The van der Waals surface area contributed by atoms with E-state index in [0.29, 0.717) is 6.61 Å². The van der Waals surface area contributed by atoms with Crippen LogP contribution in [0.5, 0.6) is 0 Å². The number of nitrogens with two attached hydrogens (primary N) is 1. The van der Waals surface area contributed by atoms with Gasteiger partial charge in [-0.25, -0.2) is 0 Å². The summed E-state index contributed by atoms with van der Waals surface area (Å²) in [4.78, 5) is 0. The Bertz CT molecular complexity index is 140. The molecule has 1 aliphatic carbocycles. The van der Waals surface area contributed by atoms with Gasteiger partial charge in [0.15, 0.2) is 0 Å². The van der Waals surface area contributed by atoms with E-state index in [2.05, 4.69) is 0 Å². The minimum absolute atomic E-state index is 0.0806. The zero-order chi connectivity index (χ0) is 6.54. The van der Waals surface area contributed by atoms with Crippen LogP contribution in [0.15, 0.2) is 0 Å². The minimum Gasteiger partial charge on any atom is -0.393 e. The van der Waals surface area contributed by atoms with E-state index in [-0.39, 0.29) is 17.7 Å². The number of rotatable bonds is 1. The van der Waals surface area contributed by atoms with Crippen molar-refractivity contribution < 1.29 is 9.84 Å². The van der Waals surface area contributed by atoms with E-state index in [1.165, 1.54) is 0 Å². The first kappa shape index (κ1) is 5.65. The van der Waals surface area contributed by atoms with Crippen LogP contribution in [0, 0.1) is 0 Å². The van der Waals surface area contributed by atoms with Gasteiger partial charge in [-0.05, 0) is 12.8 Å². The van der Waals surface area contributed by atoms with E-state index >= 15 is 0 Å². The predicted octanol–water partition coefficient (Wildman–Crippen LogP) is -0.761. The van der Waals surface area contributed by atoms with Crippen LogP contribution in [0.1, 0.15) is 12.8 Å². The van der Waals surface area contributed by atoms with Crippen LogP contribution in [0.25, 0.3) is 0 Å². The van der Waals surface area contributed by atoms with Crippen molar-refractivity contribution in [1.82, 2.24) is 0 Å². The fourth-order valence-electron chi connectivity index (χ4n) is 1.89. The second kappa shape index (κ2) is 1.31. The van der Waals surface area contributed by atoms with Crippen molar-refractivity contribution in [3.8, 4) is 0 Å². The summed E-state index contributed by atoms with van der Waals surface area (Å²) in [7, 11) is 0.